The van der Waals surface area contributed by atoms with Gasteiger partial charge in [0.2, 0.25) is 5.91 Å². The summed E-state index contributed by atoms with van der Waals surface area (Å²) >= 11 is 0. The monoisotopic (exact) mass is 250 g/mol. The molecule has 6 nitrogen and oxygen atoms in total. The van der Waals surface area contributed by atoms with Crippen LogP contribution in [0.3, 0.4) is 0 Å². The summed E-state index contributed by atoms with van der Waals surface area (Å²) in [7, 11) is 1.86. The summed E-state index contributed by atoms with van der Waals surface area (Å²) in [4.78, 5) is 17.9. The summed E-state index contributed by atoms with van der Waals surface area (Å²) in [5, 5.41) is 6.78. The predicted molar refractivity (Wildman–Crippen MR) is 63.8 cm³/mol. The molecular formula is C12H18N4O2. The molecule has 1 saturated heterocycles. The molecule has 1 amide bonds. The molecule has 18 heavy (non-hydrogen) atoms. The van der Waals surface area contributed by atoms with Crippen molar-refractivity contribution in [2.24, 2.45) is 5.92 Å². The van der Waals surface area contributed by atoms with E-state index in [1.807, 2.05) is 7.05 Å². The van der Waals surface area contributed by atoms with Crippen molar-refractivity contribution in [3.8, 4) is 0 Å². The van der Waals surface area contributed by atoms with Crippen molar-refractivity contribution in [1.82, 2.24) is 20.1 Å². The minimum atomic E-state index is 0.0330. The van der Waals surface area contributed by atoms with Gasteiger partial charge in [-0.25, -0.2) is 4.98 Å². The lowest BCUT2D eigenvalue weighted by Crippen LogP contribution is -2.37. The fourth-order valence-electron chi connectivity index (χ4n) is 2.54. The van der Waals surface area contributed by atoms with Crippen molar-refractivity contribution in [3.05, 3.63) is 12.2 Å². The Balaban J connectivity index is 1.62. The van der Waals surface area contributed by atoms with Crippen LogP contribution in [0.4, 0.5) is 0 Å². The fraction of sp³-hybridized carbons (Fsp3) is 0.750. The SMILES string of the molecule is CN(C[C@H]1OCC[C@H]1c1ncn[nH]1)C(=O)C1CC1. The zero-order valence-electron chi connectivity index (χ0n) is 10.5. The van der Waals surface area contributed by atoms with Gasteiger partial charge >= 0.3 is 0 Å². The number of hydrogen-bond acceptors (Lipinski definition) is 4. The molecule has 2 aliphatic rings. The van der Waals surface area contributed by atoms with Crippen LogP contribution in [-0.2, 0) is 9.53 Å². The Kier molecular flexibility index (Phi) is 3.03. The molecule has 1 aliphatic heterocycles. The molecule has 2 heterocycles. The van der Waals surface area contributed by atoms with Crippen LogP contribution in [0, 0.1) is 5.92 Å². The van der Waals surface area contributed by atoms with Gasteiger partial charge in [-0.15, -0.1) is 0 Å². The van der Waals surface area contributed by atoms with Crippen LogP contribution in [0.2, 0.25) is 0 Å². The van der Waals surface area contributed by atoms with E-state index in [0.29, 0.717) is 6.54 Å². The number of nitrogens with one attached hydrogen (secondary N) is 1. The Labute approximate surface area is 106 Å². The van der Waals surface area contributed by atoms with Gasteiger partial charge in [0.25, 0.3) is 0 Å². The largest absolute Gasteiger partial charge is 0.376 e. The van der Waals surface area contributed by atoms with Crippen LogP contribution >= 0.6 is 0 Å². The Bertz CT molecular complexity index is 416. The Hall–Kier alpha value is -1.43. The van der Waals surface area contributed by atoms with Gasteiger partial charge in [0, 0.05) is 32.0 Å². The second-order valence-corrected chi connectivity index (χ2v) is 5.17. The average Bonchev–Trinajstić information content (AvgIpc) is 2.88. The third-order valence-electron chi connectivity index (χ3n) is 3.75. The lowest BCUT2D eigenvalue weighted by molar-refractivity contribution is -0.132. The number of H-pyrrole nitrogens is 1. The zero-order chi connectivity index (χ0) is 12.5. The van der Waals surface area contributed by atoms with E-state index >= 15 is 0 Å². The maximum atomic E-state index is 11.9. The summed E-state index contributed by atoms with van der Waals surface area (Å²) in [6.07, 6.45) is 4.57. The van der Waals surface area contributed by atoms with E-state index in [4.69, 9.17) is 4.74 Å². The van der Waals surface area contributed by atoms with Crippen molar-refractivity contribution in [3.63, 3.8) is 0 Å². The van der Waals surface area contributed by atoms with Crippen LogP contribution in [0.1, 0.15) is 31.0 Å². The van der Waals surface area contributed by atoms with Crippen LogP contribution in [0.25, 0.3) is 0 Å². The van der Waals surface area contributed by atoms with Crippen LogP contribution in [0.15, 0.2) is 6.33 Å². The summed E-state index contributed by atoms with van der Waals surface area (Å²) in [6.45, 7) is 1.36. The summed E-state index contributed by atoms with van der Waals surface area (Å²) < 4.78 is 5.73. The molecule has 2 atom stereocenters. The highest BCUT2D eigenvalue weighted by Crippen LogP contribution is 2.33. The molecule has 0 aromatic carbocycles. The first kappa shape index (κ1) is 11.6. The number of aromatic nitrogens is 3. The van der Waals surface area contributed by atoms with Crippen molar-refractivity contribution < 1.29 is 9.53 Å². The van der Waals surface area contributed by atoms with E-state index in [0.717, 1.165) is 31.7 Å². The second-order valence-electron chi connectivity index (χ2n) is 5.17. The average molecular weight is 250 g/mol. The fourth-order valence-corrected chi connectivity index (χ4v) is 2.54. The van der Waals surface area contributed by atoms with Crippen LogP contribution in [-0.4, -0.2) is 52.3 Å². The zero-order valence-corrected chi connectivity index (χ0v) is 10.5. The molecule has 1 aliphatic carbocycles. The van der Waals surface area contributed by atoms with Crippen molar-refractivity contribution >= 4 is 5.91 Å². The molecule has 1 saturated carbocycles. The van der Waals surface area contributed by atoms with E-state index < -0.39 is 0 Å². The molecule has 1 N–H and O–H groups in total. The molecule has 0 unspecified atom stereocenters. The van der Waals surface area contributed by atoms with Crippen molar-refractivity contribution in [2.75, 3.05) is 20.2 Å². The number of carbonyl (C=O) groups excluding carboxylic acids is 1. The first-order valence-corrected chi connectivity index (χ1v) is 6.47. The number of ether oxygens (including phenoxy) is 1. The van der Waals surface area contributed by atoms with Gasteiger partial charge in [0.1, 0.15) is 12.2 Å². The minimum absolute atomic E-state index is 0.0330. The number of nitrogens with zero attached hydrogens (tertiary/aromatic N) is 3. The number of aromatic amines is 1. The second kappa shape index (κ2) is 4.68. The lowest BCUT2D eigenvalue weighted by atomic mass is 10.0. The molecule has 0 radical (unpaired) electrons. The van der Waals surface area contributed by atoms with Gasteiger partial charge in [-0.3, -0.25) is 9.89 Å². The number of amides is 1. The number of carbonyl (C=O) groups is 1. The first-order valence-electron chi connectivity index (χ1n) is 6.47. The minimum Gasteiger partial charge on any atom is -0.376 e. The van der Waals surface area contributed by atoms with Gasteiger partial charge in [-0.2, -0.15) is 5.10 Å². The molecular weight excluding hydrogens is 232 g/mol. The molecule has 98 valence electrons. The number of likely N-dealkylation sites (N-methyl/N-ethyl adjacent to an activating group) is 1. The molecule has 2 fully saturated rings. The topological polar surface area (TPSA) is 71.1 Å². The quantitative estimate of drug-likeness (QED) is 0.847. The van der Waals surface area contributed by atoms with Gasteiger partial charge in [0.05, 0.1) is 6.10 Å². The standard InChI is InChI=1S/C12H18N4O2/c1-16(12(17)8-2-3-8)6-10-9(4-5-18-10)11-13-7-14-15-11/h7-10H,2-6H2,1H3,(H,13,14,15)/t9-,10-/m1/s1. The summed E-state index contributed by atoms with van der Waals surface area (Å²) in [6, 6.07) is 0. The molecule has 0 bridgehead atoms. The summed E-state index contributed by atoms with van der Waals surface area (Å²) in [5.74, 6) is 1.61. The highest BCUT2D eigenvalue weighted by molar-refractivity contribution is 5.80. The first-order chi connectivity index (χ1) is 8.75. The highest BCUT2D eigenvalue weighted by Gasteiger charge is 2.36. The predicted octanol–water partition coefficient (Wildman–Crippen LogP) is 0.546. The Morgan fingerprint density at radius 3 is 3.06 bits per heavy atom. The molecule has 6 heteroatoms. The van der Waals surface area contributed by atoms with Crippen molar-refractivity contribution in [2.45, 2.75) is 31.3 Å². The smallest absolute Gasteiger partial charge is 0.225 e. The van der Waals surface area contributed by atoms with E-state index in [-0.39, 0.29) is 23.8 Å². The number of hydrogen-bond donors (Lipinski definition) is 1. The molecule has 3 rings (SSSR count). The van der Waals surface area contributed by atoms with E-state index in [1.165, 1.54) is 6.33 Å². The third kappa shape index (κ3) is 2.25. The summed E-state index contributed by atoms with van der Waals surface area (Å²) in [5.41, 5.74) is 0. The Morgan fingerprint density at radius 1 is 1.56 bits per heavy atom. The molecule has 1 aromatic rings. The van der Waals surface area contributed by atoms with Gasteiger partial charge in [-0.05, 0) is 19.3 Å². The maximum absolute atomic E-state index is 11.9. The number of rotatable bonds is 4. The maximum Gasteiger partial charge on any atom is 0.225 e. The van der Waals surface area contributed by atoms with Gasteiger partial charge in [-0.1, -0.05) is 0 Å². The van der Waals surface area contributed by atoms with E-state index in [9.17, 15) is 4.79 Å². The highest BCUT2D eigenvalue weighted by atomic mass is 16.5. The van der Waals surface area contributed by atoms with Crippen LogP contribution in [0.5, 0.6) is 0 Å². The third-order valence-corrected chi connectivity index (χ3v) is 3.75. The molecule has 0 spiro atoms. The van der Waals surface area contributed by atoms with Crippen LogP contribution < -0.4 is 0 Å². The lowest BCUT2D eigenvalue weighted by Gasteiger charge is -2.24. The van der Waals surface area contributed by atoms with Gasteiger partial charge in [0.15, 0.2) is 0 Å². The van der Waals surface area contributed by atoms with E-state index in [2.05, 4.69) is 15.2 Å². The van der Waals surface area contributed by atoms with Crippen molar-refractivity contribution in [1.29, 1.82) is 0 Å². The molecule has 1 aromatic heterocycles. The van der Waals surface area contributed by atoms with Gasteiger partial charge < -0.3 is 9.64 Å². The Morgan fingerprint density at radius 2 is 2.39 bits per heavy atom. The normalized spacial score (nSPS) is 27.4. The van der Waals surface area contributed by atoms with E-state index in [1.54, 1.807) is 4.90 Å².